The molecule has 2 saturated heterocycles. The summed E-state index contributed by atoms with van der Waals surface area (Å²) in [5, 5.41) is 11.8. The minimum atomic E-state index is 0.447. The van der Waals surface area contributed by atoms with Crippen molar-refractivity contribution in [3.05, 3.63) is 29.1 Å². The first-order chi connectivity index (χ1) is 15.0. The smallest absolute Gasteiger partial charge is 0.228 e. The summed E-state index contributed by atoms with van der Waals surface area (Å²) >= 11 is 0. The molecule has 3 aromatic rings. The number of rotatable bonds is 7. The number of piperazine rings is 1. The van der Waals surface area contributed by atoms with E-state index in [1.807, 2.05) is 31.5 Å². The Morgan fingerprint density at radius 1 is 1.19 bits per heavy atom. The summed E-state index contributed by atoms with van der Waals surface area (Å²) < 4.78 is 7.53. The number of aromatic nitrogens is 5. The number of fused-ring (bicyclic) bond motifs is 3. The Labute approximate surface area is 182 Å². The van der Waals surface area contributed by atoms with Gasteiger partial charge in [-0.2, -0.15) is 10.1 Å². The van der Waals surface area contributed by atoms with Gasteiger partial charge in [0.2, 0.25) is 5.95 Å². The van der Waals surface area contributed by atoms with E-state index in [2.05, 4.69) is 33.5 Å². The Hall–Kier alpha value is -2.78. The summed E-state index contributed by atoms with van der Waals surface area (Å²) in [5.74, 6) is 2.29. The standard InChI is InChI=1S/C22H30N8O/c1-5-31-7-6-30-20-19(15(4)28-30)26-22(29-12-16-10-17(29)11-23-16)27-21(20)25-18-9-13(2)8-14(3)24-18/h8-9,16-17,23H,5-7,10-12H2,1-4H3,(H,24,25,26,27)/t16-,17-/m0/s1. The molecule has 9 nitrogen and oxygen atoms in total. The fourth-order valence-corrected chi connectivity index (χ4v) is 4.72. The normalized spacial score (nSPS) is 20.2. The van der Waals surface area contributed by atoms with Crippen LogP contribution in [-0.2, 0) is 11.3 Å². The van der Waals surface area contributed by atoms with E-state index in [1.165, 1.54) is 0 Å². The Morgan fingerprint density at radius 2 is 2.06 bits per heavy atom. The van der Waals surface area contributed by atoms with Crippen molar-refractivity contribution in [1.82, 2.24) is 30.0 Å². The zero-order chi connectivity index (χ0) is 21.5. The summed E-state index contributed by atoms with van der Waals surface area (Å²) in [4.78, 5) is 17.0. The van der Waals surface area contributed by atoms with Crippen molar-refractivity contribution in [3.8, 4) is 0 Å². The minimum Gasteiger partial charge on any atom is -0.380 e. The molecule has 0 spiro atoms. The Morgan fingerprint density at radius 3 is 2.77 bits per heavy atom. The van der Waals surface area contributed by atoms with E-state index < -0.39 is 0 Å². The van der Waals surface area contributed by atoms with Crippen LogP contribution in [0.2, 0.25) is 0 Å². The number of aryl methyl sites for hydroxylation is 3. The number of pyridine rings is 1. The zero-order valence-corrected chi connectivity index (χ0v) is 18.6. The van der Waals surface area contributed by atoms with E-state index in [4.69, 9.17) is 19.8 Å². The van der Waals surface area contributed by atoms with Gasteiger partial charge in [-0.15, -0.1) is 0 Å². The van der Waals surface area contributed by atoms with Gasteiger partial charge in [0, 0.05) is 37.5 Å². The van der Waals surface area contributed by atoms with Crippen molar-refractivity contribution in [3.63, 3.8) is 0 Å². The number of ether oxygens (including phenoxy) is 1. The zero-order valence-electron chi connectivity index (χ0n) is 18.6. The van der Waals surface area contributed by atoms with E-state index in [0.717, 1.165) is 65.1 Å². The average molecular weight is 423 g/mol. The first-order valence-electron chi connectivity index (χ1n) is 11.1. The van der Waals surface area contributed by atoms with E-state index >= 15 is 0 Å². The third kappa shape index (κ3) is 3.83. The van der Waals surface area contributed by atoms with E-state index in [0.29, 0.717) is 31.8 Å². The number of hydrogen-bond acceptors (Lipinski definition) is 8. The fourth-order valence-electron chi connectivity index (χ4n) is 4.72. The highest BCUT2D eigenvalue weighted by molar-refractivity contribution is 5.90. The molecule has 2 atom stereocenters. The monoisotopic (exact) mass is 422 g/mol. The first kappa shape index (κ1) is 20.1. The largest absolute Gasteiger partial charge is 0.380 e. The van der Waals surface area contributed by atoms with Crippen LogP contribution in [0.15, 0.2) is 12.1 Å². The highest BCUT2D eigenvalue weighted by Crippen LogP contribution is 2.32. The predicted molar refractivity (Wildman–Crippen MR) is 121 cm³/mol. The molecule has 2 fully saturated rings. The molecule has 9 heteroatoms. The predicted octanol–water partition coefficient (Wildman–Crippen LogP) is 2.48. The number of hydrogen-bond donors (Lipinski definition) is 2. The molecular weight excluding hydrogens is 392 g/mol. The van der Waals surface area contributed by atoms with Crippen molar-refractivity contribution in [2.45, 2.75) is 52.7 Å². The lowest BCUT2D eigenvalue weighted by Gasteiger charge is -2.27. The van der Waals surface area contributed by atoms with Crippen LogP contribution in [-0.4, -0.2) is 63.1 Å². The summed E-state index contributed by atoms with van der Waals surface area (Å²) in [7, 11) is 0. The van der Waals surface area contributed by atoms with Crippen molar-refractivity contribution in [1.29, 1.82) is 0 Å². The summed E-state index contributed by atoms with van der Waals surface area (Å²) in [6.45, 7) is 11.9. The third-order valence-electron chi connectivity index (χ3n) is 6.05. The fraction of sp³-hybridized carbons (Fsp3) is 0.545. The maximum absolute atomic E-state index is 5.57. The van der Waals surface area contributed by atoms with E-state index in [1.54, 1.807) is 0 Å². The Kier molecular flexibility index (Phi) is 5.23. The minimum absolute atomic E-state index is 0.447. The van der Waals surface area contributed by atoms with Crippen molar-refractivity contribution < 1.29 is 4.74 Å². The Bertz CT molecular complexity index is 1090. The van der Waals surface area contributed by atoms with Crippen LogP contribution in [0, 0.1) is 20.8 Å². The second-order valence-electron chi connectivity index (χ2n) is 8.52. The van der Waals surface area contributed by atoms with E-state index in [9.17, 15) is 0 Å². The van der Waals surface area contributed by atoms with Crippen LogP contribution in [0.25, 0.3) is 11.0 Å². The molecule has 0 saturated carbocycles. The second-order valence-corrected chi connectivity index (χ2v) is 8.52. The molecule has 0 aliphatic carbocycles. The van der Waals surface area contributed by atoms with Gasteiger partial charge in [-0.25, -0.2) is 9.97 Å². The van der Waals surface area contributed by atoms with Gasteiger partial charge >= 0.3 is 0 Å². The van der Waals surface area contributed by atoms with Crippen molar-refractivity contribution in [2.75, 3.05) is 36.5 Å². The van der Waals surface area contributed by atoms with Crippen LogP contribution >= 0.6 is 0 Å². The highest BCUT2D eigenvalue weighted by Gasteiger charge is 2.39. The molecule has 2 aliphatic heterocycles. The summed E-state index contributed by atoms with van der Waals surface area (Å²) in [6, 6.07) is 5.08. The van der Waals surface area contributed by atoms with Gasteiger partial charge < -0.3 is 20.3 Å². The molecule has 2 bridgehead atoms. The number of anilines is 3. The molecule has 5 rings (SSSR count). The average Bonchev–Trinajstić information content (AvgIpc) is 3.43. The molecule has 5 heterocycles. The molecule has 2 N–H and O–H groups in total. The molecule has 0 aromatic carbocycles. The lowest BCUT2D eigenvalue weighted by molar-refractivity contribution is 0.137. The molecule has 0 radical (unpaired) electrons. The quantitative estimate of drug-likeness (QED) is 0.561. The summed E-state index contributed by atoms with van der Waals surface area (Å²) in [5.41, 5.74) is 4.80. The van der Waals surface area contributed by atoms with Crippen molar-refractivity contribution >= 4 is 28.6 Å². The molecule has 31 heavy (non-hydrogen) atoms. The van der Waals surface area contributed by atoms with Gasteiger partial charge in [0.1, 0.15) is 16.9 Å². The molecule has 2 aliphatic rings. The topological polar surface area (TPSA) is 93.0 Å². The third-order valence-corrected chi connectivity index (χ3v) is 6.05. The van der Waals surface area contributed by atoms with Gasteiger partial charge in [0.25, 0.3) is 0 Å². The summed E-state index contributed by atoms with van der Waals surface area (Å²) in [6.07, 6.45) is 1.15. The SMILES string of the molecule is CCOCCn1nc(C)c2nc(N3C[C@@H]4C[C@H]3CN4)nc(Nc3cc(C)cc(C)n3)c21. The lowest BCUT2D eigenvalue weighted by atomic mass is 10.2. The molecule has 164 valence electrons. The van der Waals surface area contributed by atoms with Gasteiger partial charge in [-0.1, -0.05) is 0 Å². The van der Waals surface area contributed by atoms with Gasteiger partial charge in [0.15, 0.2) is 5.82 Å². The first-order valence-corrected chi connectivity index (χ1v) is 11.1. The highest BCUT2D eigenvalue weighted by atomic mass is 16.5. The molecular formula is C22H30N8O. The van der Waals surface area contributed by atoms with Gasteiger partial charge in [0.05, 0.1) is 18.8 Å². The number of nitrogens with zero attached hydrogens (tertiary/aromatic N) is 6. The molecule has 0 unspecified atom stereocenters. The molecule has 0 amide bonds. The van der Waals surface area contributed by atoms with Crippen LogP contribution < -0.4 is 15.5 Å². The van der Waals surface area contributed by atoms with Crippen LogP contribution in [0.5, 0.6) is 0 Å². The van der Waals surface area contributed by atoms with Crippen LogP contribution in [0.1, 0.15) is 30.3 Å². The number of nitrogens with one attached hydrogen (secondary N) is 2. The van der Waals surface area contributed by atoms with Crippen LogP contribution in [0.4, 0.5) is 17.6 Å². The van der Waals surface area contributed by atoms with E-state index in [-0.39, 0.29) is 0 Å². The second kappa shape index (κ2) is 8.05. The van der Waals surface area contributed by atoms with Gasteiger partial charge in [-0.3, -0.25) is 4.68 Å². The molecule has 3 aromatic heterocycles. The van der Waals surface area contributed by atoms with Crippen LogP contribution in [0.3, 0.4) is 0 Å². The Balaban J connectivity index is 1.60. The maximum Gasteiger partial charge on any atom is 0.228 e. The van der Waals surface area contributed by atoms with Crippen molar-refractivity contribution in [2.24, 2.45) is 0 Å². The maximum atomic E-state index is 5.57. The van der Waals surface area contributed by atoms with Gasteiger partial charge in [-0.05, 0) is 51.8 Å². The lowest BCUT2D eigenvalue weighted by Crippen LogP contribution is -2.44.